The maximum Gasteiger partial charge on any atom is 0.254 e. The third-order valence-electron chi connectivity index (χ3n) is 5.52. The van der Waals surface area contributed by atoms with E-state index in [1.165, 1.54) is 5.56 Å². The van der Waals surface area contributed by atoms with E-state index >= 15 is 0 Å². The minimum Gasteiger partial charge on any atom is -0.378 e. The molecular weight excluding hydrogens is 394 g/mol. The predicted octanol–water partition coefficient (Wildman–Crippen LogP) is 4.15. The fraction of sp³-hybridized carbons (Fsp3) is 0.348. The zero-order chi connectivity index (χ0) is 21.1. The van der Waals surface area contributed by atoms with E-state index in [1.807, 2.05) is 78.0 Å². The topological polar surface area (TPSA) is 54.3 Å². The fourth-order valence-electron chi connectivity index (χ4n) is 3.81. The van der Waals surface area contributed by atoms with E-state index in [9.17, 15) is 4.79 Å². The minimum absolute atomic E-state index is 0.0328. The number of anilines is 1. The van der Waals surface area contributed by atoms with Gasteiger partial charge in [0.1, 0.15) is 0 Å². The van der Waals surface area contributed by atoms with Crippen LogP contribution in [0.5, 0.6) is 0 Å². The Morgan fingerprint density at radius 2 is 1.83 bits per heavy atom. The lowest BCUT2D eigenvalue weighted by Gasteiger charge is -2.24. The second kappa shape index (κ2) is 8.92. The van der Waals surface area contributed by atoms with Crippen molar-refractivity contribution in [2.45, 2.75) is 29.8 Å². The molecule has 2 heterocycles. The monoisotopic (exact) mass is 421 g/mol. The Morgan fingerprint density at radius 1 is 1.10 bits per heavy atom. The molecule has 0 aliphatic carbocycles. The second-order valence-electron chi connectivity index (χ2n) is 7.77. The van der Waals surface area contributed by atoms with Gasteiger partial charge in [-0.05, 0) is 42.7 Å². The van der Waals surface area contributed by atoms with Gasteiger partial charge >= 0.3 is 0 Å². The average Bonchev–Trinajstić information content (AvgIpc) is 3.39. The number of hydrogen-bond donors (Lipinski definition) is 0. The molecule has 0 unspecified atom stereocenters. The molecule has 1 aliphatic heterocycles. The summed E-state index contributed by atoms with van der Waals surface area (Å²) in [5, 5.41) is 9.75. The summed E-state index contributed by atoms with van der Waals surface area (Å²) >= 11 is 1.67. The van der Waals surface area contributed by atoms with Crippen molar-refractivity contribution in [1.82, 2.24) is 19.7 Å². The molecular formula is C23H27N5OS. The molecule has 1 atom stereocenters. The number of benzene rings is 2. The number of hydrogen-bond acceptors (Lipinski definition) is 5. The minimum atomic E-state index is -0.0328. The van der Waals surface area contributed by atoms with Crippen LogP contribution in [0.4, 0.5) is 5.69 Å². The van der Waals surface area contributed by atoms with Gasteiger partial charge in [0, 0.05) is 44.7 Å². The van der Waals surface area contributed by atoms with Crippen LogP contribution in [0.2, 0.25) is 0 Å². The average molecular weight is 422 g/mol. The molecule has 3 aromatic rings. The van der Waals surface area contributed by atoms with Crippen molar-refractivity contribution in [3.63, 3.8) is 0 Å². The van der Waals surface area contributed by atoms with E-state index in [0.717, 1.165) is 41.8 Å². The van der Waals surface area contributed by atoms with Crippen molar-refractivity contribution in [2.24, 2.45) is 7.05 Å². The van der Waals surface area contributed by atoms with Crippen molar-refractivity contribution < 1.29 is 4.79 Å². The van der Waals surface area contributed by atoms with Crippen LogP contribution in [-0.4, -0.2) is 46.2 Å². The van der Waals surface area contributed by atoms with Crippen LogP contribution in [-0.2, 0) is 12.8 Å². The number of rotatable bonds is 6. The Kier molecular flexibility index (Phi) is 6.08. The van der Waals surface area contributed by atoms with Gasteiger partial charge < -0.3 is 14.4 Å². The van der Waals surface area contributed by atoms with Crippen LogP contribution in [0.1, 0.15) is 40.6 Å². The Labute approximate surface area is 181 Å². The molecule has 0 N–H and O–H groups in total. The molecule has 156 valence electrons. The standard InChI is InChI=1S/C23H27N5OS/c1-26(2)19-13-11-18(12-14-19)22(29)28-15-7-10-20(28)21-24-25-23(27(21)3)30-16-17-8-5-4-6-9-17/h4-6,8-9,11-14,20H,7,10,15-16H2,1-3H3/t20-/m0/s1. The fourth-order valence-corrected chi connectivity index (χ4v) is 4.68. The highest BCUT2D eigenvalue weighted by Crippen LogP contribution is 2.34. The third kappa shape index (κ3) is 4.21. The quantitative estimate of drug-likeness (QED) is 0.560. The lowest BCUT2D eigenvalue weighted by Crippen LogP contribution is -2.32. The third-order valence-corrected chi connectivity index (χ3v) is 6.61. The zero-order valence-corrected chi connectivity index (χ0v) is 18.5. The summed E-state index contributed by atoms with van der Waals surface area (Å²) in [6, 6.07) is 18.1. The van der Waals surface area contributed by atoms with Gasteiger partial charge in [-0.1, -0.05) is 42.1 Å². The van der Waals surface area contributed by atoms with Gasteiger partial charge in [-0.15, -0.1) is 10.2 Å². The summed E-state index contributed by atoms with van der Waals surface area (Å²) in [7, 11) is 5.99. The predicted molar refractivity (Wildman–Crippen MR) is 121 cm³/mol. The summed E-state index contributed by atoms with van der Waals surface area (Å²) in [5.74, 6) is 1.77. The van der Waals surface area contributed by atoms with Crippen molar-refractivity contribution in [3.05, 3.63) is 71.5 Å². The smallest absolute Gasteiger partial charge is 0.254 e. The Balaban J connectivity index is 1.49. The summed E-state index contributed by atoms with van der Waals surface area (Å²) in [6.07, 6.45) is 1.89. The molecule has 30 heavy (non-hydrogen) atoms. The van der Waals surface area contributed by atoms with E-state index in [-0.39, 0.29) is 11.9 Å². The number of carbonyl (C=O) groups is 1. The first kappa shape index (κ1) is 20.5. The molecule has 1 aliphatic rings. The van der Waals surface area contributed by atoms with Gasteiger partial charge in [0.15, 0.2) is 11.0 Å². The normalized spacial score (nSPS) is 16.1. The summed E-state index contributed by atoms with van der Waals surface area (Å²) < 4.78 is 2.04. The van der Waals surface area contributed by atoms with Crippen LogP contribution in [0.3, 0.4) is 0 Å². The van der Waals surface area contributed by atoms with Crippen LogP contribution in [0.25, 0.3) is 0 Å². The lowest BCUT2D eigenvalue weighted by molar-refractivity contribution is 0.0727. The molecule has 7 heteroatoms. The van der Waals surface area contributed by atoms with E-state index in [2.05, 4.69) is 22.3 Å². The van der Waals surface area contributed by atoms with Gasteiger partial charge in [0.05, 0.1) is 6.04 Å². The largest absolute Gasteiger partial charge is 0.378 e. The first-order valence-electron chi connectivity index (χ1n) is 10.2. The molecule has 0 radical (unpaired) electrons. The number of amides is 1. The van der Waals surface area contributed by atoms with Crippen LogP contribution in [0.15, 0.2) is 59.8 Å². The van der Waals surface area contributed by atoms with Crippen molar-refractivity contribution >= 4 is 23.4 Å². The molecule has 1 fully saturated rings. The lowest BCUT2D eigenvalue weighted by atomic mass is 10.1. The van der Waals surface area contributed by atoms with E-state index in [4.69, 9.17) is 0 Å². The van der Waals surface area contributed by atoms with Gasteiger partial charge in [0.25, 0.3) is 5.91 Å². The van der Waals surface area contributed by atoms with Crippen molar-refractivity contribution in [2.75, 3.05) is 25.5 Å². The molecule has 0 spiro atoms. The highest BCUT2D eigenvalue weighted by molar-refractivity contribution is 7.98. The number of aromatic nitrogens is 3. The molecule has 1 amide bonds. The zero-order valence-electron chi connectivity index (χ0n) is 17.7. The van der Waals surface area contributed by atoms with Crippen molar-refractivity contribution in [3.8, 4) is 0 Å². The first-order chi connectivity index (χ1) is 14.5. The number of thioether (sulfide) groups is 1. The Morgan fingerprint density at radius 3 is 2.53 bits per heavy atom. The van der Waals surface area contributed by atoms with Gasteiger partial charge in [-0.2, -0.15) is 0 Å². The Hall–Kier alpha value is -2.80. The highest BCUT2D eigenvalue weighted by atomic mass is 32.2. The summed E-state index contributed by atoms with van der Waals surface area (Å²) in [6.45, 7) is 0.748. The molecule has 0 bridgehead atoms. The molecule has 1 saturated heterocycles. The van der Waals surface area contributed by atoms with Crippen LogP contribution < -0.4 is 4.90 Å². The molecule has 0 saturated carbocycles. The van der Waals surface area contributed by atoms with Crippen LogP contribution in [0, 0.1) is 0 Å². The highest BCUT2D eigenvalue weighted by Gasteiger charge is 2.34. The maximum absolute atomic E-state index is 13.2. The van der Waals surface area contributed by atoms with E-state index < -0.39 is 0 Å². The second-order valence-corrected chi connectivity index (χ2v) is 8.71. The maximum atomic E-state index is 13.2. The number of likely N-dealkylation sites (tertiary alicyclic amines) is 1. The van der Waals surface area contributed by atoms with Gasteiger partial charge in [-0.3, -0.25) is 4.79 Å². The first-order valence-corrected chi connectivity index (χ1v) is 11.2. The SMILES string of the molecule is CN(C)c1ccc(C(=O)N2CCC[C@H]2c2nnc(SCc3ccccc3)n2C)cc1. The molecule has 2 aromatic carbocycles. The van der Waals surface area contributed by atoms with Crippen LogP contribution >= 0.6 is 11.8 Å². The summed E-state index contributed by atoms with van der Waals surface area (Å²) in [4.78, 5) is 17.2. The van der Waals surface area contributed by atoms with E-state index in [0.29, 0.717) is 5.56 Å². The van der Waals surface area contributed by atoms with E-state index in [1.54, 1.807) is 11.8 Å². The number of nitrogens with zero attached hydrogens (tertiary/aromatic N) is 5. The summed E-state index contributed by atoms with van der Waals surface area (Å²) in [5.41, 5.74) is 3.05. The number of carbonyl (C=O) groups excluding carboxylic acids is 1. The molecule has 1 aromatic heterocycles. The molecule has 6 nitrogen and oxygen atoms in total. The molecule has 4 rings (SSSR count). The Bertz CT molecular complexity index is 1000. The van der Waals surface area contributed by atoms with Gasteiger partial charge in [0.2, 0.25) is 0 Å². The van der Waals surface area contributed by atoms with Gasteiger partial charge in [-0.25, -0.2) is 0 Å². The van der Waals surface area contributed by atoms with Crippen molar-refractivity contribution in [1.29, 1.82) is 0 Å².